The summed E-state index contributed by atoms with van der Waals surface area (Å²) in [7, 11) is 0. The number of amides is 1. The average Bonchev–Trinajstić information content (AvgIpc) is 2.73. The summed E-state index contributed by atoms with van der Waals surface area (Å²) < 4.78 is 13.5. The summed E-state index contributed by atoms with van der Waals surface area (Å²) in [5.74, 6) is -0.571. The van der Waals surface area contributed by atoms with Crippen LogP contribution in [0.2, 0.25) is 0 Å². The molecule has 0 atom stereocenters. The first-order valence-corrected chi connectivity index (χ1v) is 6.24. The van der Waals surface area contributed by atoms with Gasteiger partial charge in [-0.25, -0.2) is 4.39 Å². The van der Waals surface area contributed by atoms with Gasteiger partial charge in [0.05, 0.1) is 11.4 Å². The number of benzene rings is 1. The van der Waals surface area contributed by atoms with Crippen LogP contribution in [0.3, 0.4) is 0 Å². The Morgan fingerprint density at radius 1 is 1.35 bits per heavy atom. The third-order valence-electron chi connectivity index (χ3n) is 3.16. The molecule has 0 unspecified atom stereocenters. The Labute approximate surface area is 116 Å². The highest BCUT2D eigenvalue weighted by atomic mass is 19.1. The van der Waals surface area contributed by atoms with E-state index in [-0.39, 0.29) is 17.4 Å². The summed E-state index contributed by atoms with van der Waals surface area (Å²) in [6, 6.07) is 3.42. The smallest absolute Gasteiger partial charge is 0.274 e. The average molecular weight is 276 g/mol. The van der Waals surface area contributed by atoms with Gasteiger partial charge in [0, 0.05) is 6.54 Å². The molecule has 5 nitrogen and oxygen atoms in total. The summed E-state index contributed by atoms with van der Waals surface area (Å²) in [5.41, 5.74) is 8.87. The van der Waals surface area contributed by atoms with Crippen LogP contribution in [-0.2, 0) is 6.54 Å². The van der Waals surface area contributed by atoms with E-state index in [0.717, 1.165) is 5.56 Å². The number of nitrogen functional groups attached to an aromatic ring is 1. The number of aromatic amines is 1. The minimum Gasteiger partial charge on any atom is -0.395 e. The van der Waals surface area contributed by atoms with Crippen molar-refractivity contribution in [3.8, 4) is 0 Å². The molecule has 0 bridgehead atoms. The molecule has 1 aromatic carbocycles. The van der Waals surface area contributed by atoms with Gasteiger partial charge in [-0.1, -0.05) is 12.1 Å². The van der Waals surface area contributed by atoms with Crippen LogP contribution >= 0.6 is 0 Å². The molecule has 0 aliphatic heterocycles. The first-order valence-electron chi connectivity index (χ1n) is 6.24. The Hall–Kier alpha value is -2.37. The standard InChI is InChI=1S/C14H17FN4O/c1-7-4-10(5-8(2)11(7)15)6-17-14(20)13-12(16)9(3)18-19-13/h4-5H,6,16H2,1-3H3,(H,17,20)(H,18,19). The molecule has 1 heterocycles. The van der Waals surface area contributed by atoms with Crippen LogP contribution < -0.4 is 11.1 Å². The van der Waals surface area contributed by atoms with Gasteiger partial charge >= 0.3 is 0 Å². The molecule has 0 aliphatic rings. The Balaban J connectivity index is 2.09. The van der Waals surface area contributed by atoms with Crippen LogP contribution in [0.4, 0.5) is 10.1 Å². The number of halogens is 1. The van der Waals surface area contributed by atoms with E-state index in [1.54, 1.807) is 32.9 Å². The Morgan fingerprint density at radius 2 is 1.95 bits per heavy atom. The van der Waals surface area contributed by atoms with Gasteiger partial charge in [-0.2, -0.15) is 5.10 Å². The maximum Gasteiger partial charge on any atom is 0.274 e. The number of aromatic nitrogens is 2. The molecule has 0 radical (unpaired) electrons. The molecule has 4 N–H and O–H groups in total. The van der Waals surface area contributed by atoms with E-state index in [9.17, 15) is 9.18 Å². The maximum atomic E-state index is 13.5. The van der Waals surface area contributed by atoms with Crippen molar-refractivity contribution in [3.05, 3.63) is 46.0 Å². The lowest BCUT2D eigenvalue weighted by Gasteiger charge is -2.08. The van der Waals surface area contributed by atoms with E-state index in [2.05, 4.69) is 15.5 Å². The van der Waals surface area contributed by atoms with Crippen molar-refractivity contribution in [2.75, 3.05) is 5.73 Å². The summed E-state index contributed by atoms with van der Waals surface area (Å²) in [5, 5.41) is 9.23. The van der Waals surface area contributed by atoms with E-state index in [4.69, 9.17) is 5.73 Å². The normalized spacial score (nSPS) is 10.6. The highest BCUT2D eigenvalue weighted by molar-refractivity contribution is 5.97. The molecule has 20 heavy (non-hydrogen) atoms. The second kappa shape index (κ2) is 5.32. The molecule has 2 aromatic rings. The van der Waals surface area contributed by atoms with Crippen molar-refractivity contribution in [1.29, 1.82) is 0 Å². The van der Waals surface area contributed by atoms with Crippen molar-refractivity contribution in [2.24, 2.45) is 0 Å². The zero-order chi connectivity index (χ0) is 14.9. The third-order valence-corrected chi connectivity index (χ3v) is 3.16. The Morgan fingerprint density at radius 3 is 2.45 bits per heavy atom. The molecular weight excluding hydrogens is 259 g/mol. The quantitative estimate of drug-likeness (QED) is 0.801. The molecule has 0 saturated carbocycles. The number of carbonyl (C=O) groups excluding carboxylic acids is 1. The fraction of sp³-hybridized carbons (Fsp3) is 0.286. The van der Waals surface area contributed by atoms with E-state index in [1.165, 1.54) is 0 Å². The fourth-order valence-corrected chi connectivity index (χ4v) is 2.01. The summed E-state index contributed by atoms with van der Waals surface area (Å²) in [6.45, 7) is 5.43. The van der Waals surface area contributed by atoms with Gasteiger partial charge in [0.25, 0.3) is 5.91 Å². The van der Waals surface area contributed by atoms with Gasteiger partial charge in [-0.15, -0.1) is 0 Å². The predicted molar refractivity (Wildman–Crippen MR) is 74.8 cm³/mol. The molecule has 2 rings (SSSR count). The van der Waals surface area contributed by atoms with Gasteiger partial charge < -0.3 is 11.1 Å². The molecule has 6 heteroatoms. The minimum absolute atomic E-state index is 0.179. The molecule has 0 fully saturated rings. The largest absolute Gasteiger partial charge is 0.395 e. The van der Waals surface area contributed by atoms with Gasteiger partial charge in [0.2, 0.25) is 0 Å². The van der Waals surface area contributed by atoms with Gasteiger partial charge in [0.1, 0.15) is 5.82 Å². The maximum absolute atomic E-state index is 13.5. The van der Waals surface area contributed by atoms with Gasteiger partial charge in [-0.3, -0.25) is 9.89 Å². The lowest BCUT2D eigenvalue weighted by molar-refractivity contribution is 0.0946. The lowest BCUT2D eigenvalue weighted by atomic mass is 10.1. The fourth-order valence-electron chi connectivity index (χ4n) is 2.01. The molecule has 0 spiro atoms. The van der Waals surface area contributed by atoms with E-state index in [1.807, 2.05) is 0 Å². The second-order valence-corrected chi connectivity index (χ2v) is 4.84. The summed E-state index contributed by atoms with van der Waals surface area (Å²) >= 11 is 0. The number of hydrogen-bond acceptors (Lipinski definition) is 3. The molecule has 1 amide bonds. The number of nitrogens with zero attached hydrogens (tertiary/aromatic N) is 1. The molecule has 0 saturated heterocycles. The van der Waals surface area contributed by atoms with E-state index < -0.39 is 0 Å². The number of nitrogens with two attached hydrogens (primary N) is 1. The van der Waals surface area contributed by atoms with Crippen molar-refractivity contribution < 1.29 is 9.18 Å². The number of hydrogen-bond donors (Lipinski definition) is 3. The Kier molecular flexibility index (Phi) is 3.74. The van der Waals surface area contributed by atoms with E-state index >= 15 is 0 Å². The summed E-state index contributed by atoms with van der Waals surface area (Å²) in [4.78, 5) is 11.9. The monoisotopic (exact) mass is 276 g/mol. The lowest BCUT2D eigenvalue weighted by Crippen LogP contribution is -2.24. The number of aryl methyl sites for hydroxylation is 3. The third kappa shape index (κ3) is 2.64. The number of carbonyl (C=O) groups is 1. The van der Waals surface area contributed by atoms with Gasteiger partial charge in [-0.05, 0) is 37.5 Å². The van der Waals surface area contributed by atoms with Crippen molar-refractivity contribution in [1.82, 2.24) is 15.5 Å². The van der Waals surface area contributed by atoms with Crippen molar-refractivity contribution in [2.45, 2.75) is 27.3 Å². The number of rotatable bonds is 3. The molecule has 1 aromatic heterocycles. The number of nitrogens with one attached hydrogen (secondary N) is 2. The van der Waals surface area contributed by atoms with E-state index in [0.29, 0.717) is 29.1 Å². The Bertz CT molecular complexity index is 640. The molecular formula is C14H17FN4O. The van der Waals surface area contributed by atoms with Crippen LogP contribution in [0.5, 0.6) is 0 Å². The van der Waals surface area contributed by atoms with Crippen LogP contribution in [-0.4, -0.2) is 16.1 Å². The predicted octanol–water partition coefficient (Wildman–Crippen LogP) is 1.99. The van der Waals surface area contributed by atoms with Crippen LogP contribution in [0.25, 0.3) is 0 Å². The highest BCUT2D eigenvalue weighted by Gasteiger charge is 2.15. The molecule has 0 aliphatic carbocycles. The summed E-state index contributed by atoms with van der Waals surface area (Å²) in [6.07, 6.45) is 0. The van der Waals surface area contributed by atoms with Crippen LogP contribution in [0.1, 0.15) is 32.9 Å². The van der Waals surface area contributed by atoms with Crippen molar-refractivity contribution in [3.63, 3.8) is 0 Å². The SMILES string of the molecule is Cc1cc(CNC(=O)c2n[nH]c(C)c2N)cc(C)c1F. The zero-order valence-electron chi connectivity index (χ0n) is 11.7. The number of anilines is 1. The first-order chi connectivity index (χ1) is 9.40. The van der Waals surface area contributed by atoms with Crippen LogP contribution in [0, 0.1) is 26.6 Å². The highest BCUT2D eigenvalue weighted by Crippen LogP contribution is 2.15. The van der Waals surface area contributed by atoms with Gasteiger partial charge in [0.15, 0.2) is 5.69 Å². The minimum atomic E-state index is -0.355. The first kappa shape index (κ1) is 14.0. The van der Waals surface area contributed by atoms with Crippen LogP contribution in [0.15, 0.2) is 12.1 Å². The number of H-pyrrole nitrogens is 1. The van der Waals surface area contributed by atoms with Crippen molar-refractivity contribution >= 4 is 11.6 Å². The zero-order valence-corrected chi connectivity index (χ0v) is 11.7. The topological polar surface area (TPSA) is 83.8 Å². The molecule has 106 valence electrons. The second-order valence-electron chi connectivity index (χ2n) is 4.84.